The summed E-state index contributed by atoms with van der Waals surface area (Å²) in [5.41, 5.74) is -0.414. The second kappa shape index (κ2) is 7.14. The van der Waals surface area contributed by atoms with Crippen molar-refractivity contribution in [2.24, 2.45) is 0 Å². The fourth-order valence-corrected chi connectivity index (χ4v) is 3.81. The molecule has 1 saturated heterocycles. The van der Waals surface area contributed by atoms with Gasteiger partial charge in [0.2, 0.25) is 0 Å². The van der Waals surface area contributed by atoms with Crippen molar-refractivity contribution in [3.05, 3.63) is 43.8 Å². The van der Waals surface area contributed by atoms with Crippen molar-refractivity contribution in [3.8, 4) is 0 Å². The average molecular weight is 484 g/mol. The molecule has 1 unspecified atom stereocenters. The van der Waals surface area contributed by atoms with E-state index in [1.54, 1.807) is 42.4 Å². The summed E-state index contributed by atoms with van der Waals surface area (Å²) in [6, 6.07) is 6.27. The molecule has 144 valence electrons. The number of hydrogen-bond donors (Lipinski definition) is 1. The predicted molar refractivity (Wildman–Crippen MR) is 109 cm³/mol. The molecule has 3 rings (SSSR count). The Labute approximate surface area is 170 Å². The molecular weight excluding hydrogens is 463 g/mol. The lowest BCUT2D eigenvalue weighted by Crippen LogP contribution is -2.35. The van der Waals surface area contributed by atoms with Crippen LogP contribution >= 0.6 is 22.6 Å². The molecule has 1 aliphatic heterocycles. The fourth-order valence-electron chi connectivity index (χ4n) is 3.32. The summed E-state index contributed by atoms with van der Waals surface area (Å²) >= 11 is 2.12. The lowest BCUT2D eigenvalue weighted by molar-refractivity contribution is 0.0289. The monoisotopic (exact) mass is 484 g/mol. The lowest BCUT2D eigenvalue weighted by Gasteiger charge is -2.25. The largest absolute Gasteiger partial charge is 0.477 e. The number of carboxylic acids is 1. The summed E-state index contributed by atoms with van der Waals surface area (Å²) in [4.78, 5) is 38.1. The maximum absolute atomic E-state index is 12.4. The second-order valence-corrected chi connectivity index (χ2v) is 8.84. The summed E-state index contributed by atoms with van der Waals surface area (Å²) in [6.07, 6.45) is 0.172. The molecule has 0 saturated carbocycles. The number of amides is 1. The van der Waals surface area contributed by atoms with Crippen LogP contribution in [0.4, 0.5) is 4.79 Å². The Hall–Kier alpha value is -2.10. The number of aromatic nitrogens is 1. The van der Waals surface area contributed by atoms with Crippen molar-refractivity contribution in [3.63, 3.8) is 0 Å². The van der Waals surface area contributed by atoms with Gasteiger partial charge in [0.15, 0.2) is 5.43 Å². The van der Waals surface area contributed by atoms with Crippen LogP contribution in [0.5, 0.6) is 0 Å². The van der Waals surface area contributed by atoms with Crippen LogP contribution in [0.15, 0.2) is 29.1 Å². The molecule has 2 heterocycles. The molecule has 1 amide bonds. The van der Waals surface area contributed by atoms with E-state index >= 15 is 0 Å². The highest BCUT2D eigenvalue weighted by Crippen LogP contribution is 2.28. The fraction of sp³-hybridized carbons (Fsp3) is 0.421. The first-order chi connectivity index (χ1) is 12.6. The van der Waals surface area contributed by atoms with Gasteiger partial charge in [0, 0.05) is 28.1 Å². The normalized spacial score (nSPS) is 17.3. The van der Waals surface area contributed by atoms with E-state index in [0.717, 1.165) is 9.64 Å². The van der Waals surface area contributed by atoms with Gasteiger partial charge in [-0.3, -0.25) is 4.79 Å². The molecule has 8 heteroatoms. The van der Waals surface area contributed by atoms with E-state index in [2.05, 4.69) is 22.6 Å². The van der Waals surface area contributed by atoms with Crippen molar-refractivity contribution in [2.45, 2.75) is 38.8 Å². The van der Waals surface area contributed by atoms with Crippen molar-refractivity contribution in [1.82, 2.24) is 9.47 Å². The zero-order valence-corrected chi connectivity index (χ0v) is 17.5. The molecule has 2 aromatic rings. The number of carbonyl (C=O) groups is 2. The minimum atomic E-state index is -1.16. The first-order valence-corrected chi connectivity index (χ1v) is 9.71. The number of benzene rings is 1. The van der Waals surface area contributed by atoms with Crippen LogP contribution in [0.1, 0.15) is 43.7 Å². The minimum Gasteiger partial charge on any atom is -0.477 e. The molecule has 1 aromatic carbocycles. The summed E-state index contributed by atoms with van der Waals surface area (Å²) in [5.74, 6) is -1.16. The Balaban J connectivity index is 2.03. The summed E-state index contributed by atoms with van der Waals surface area (Å²) in [6.45, 7) is 6.21. The molecule has 1 fully saturated rings. The summed E-state index contributed by atoms with van der Waals surface area (Å²) in [7, 11) is 0. The van der Waals surface area contributed by atoms with Gasteiger partial charge in [0.05, 0.1) is 11.6 Å². The SMILES string of the molecule is CC(C)(C)OC(=O)N1CCC(n2c(C(=O)O)cc(=O)c3cc(I)ccc32)C1. The van der Waals surface area contributed by atoms with Crippen LogP contribution in [0, 0.1) is 3.57 Å². The number of halogens is 1. The maximum atomic E-state index is 12.4. The number of pyridine rings is 1. The van der Waals surface area contributed by atoms with Gasteiger partial charge >= 0.3 is 12.1 Å². The molecule has 0 aliphatic carbocycles. The number of likely N-dealkylation sites (tertiary alicyclic amines) is 1. The molecule has 1 atom stereocenters. The van der Waals surface area contributed by atoms with Crippen molar-refractivity contribution >= 4 is 45.6 Å². The van der Waals surface area contributed by atoms with Crippen LogP contribution in [-0.4, -0.2) is 45.3 Å². The Morgan fingerprint density at radius 3 is 2.59 bits per heavy atom. The molecule has 1 aromatic heterocycles. The number of ether oxygens (including phenoxy) is 1. The molecule has 1 aliphatic rings. The molecule has 0 radical (unpaired) electrons. The number of rotatable bonds is 2. The van der Waals surface area contributed by atoms with E-state index < -0.39 is 17.7 Å². The molecule has 1 N–H and O–H groups in total. The predicted octanol–water partition coefficient (Wildman–Crippen LogP) is 3.49. The Morgan fingerprint density at radius 2 is 1.96 bits per heavy atom. The molecule has 27 heavy (non-hydrogen) atoms. The quantitative estimate of drug-likeness (QED) is 0.660. The number of carbonyl (C=O) groups excluding carboxylic acids is 1. The molecule has 7 nitrogen and oxygen atoms in total. The van der Waals surface area contributed by atoms with E-state index in [-0.39, 0.29) is 17.2 Å². The third-order valence-electron chi connectivity index (χ3n) is 4.41. The number of aromatic carboxylic acids is 1. The van der Waals surface area contributed by atoms with Gasteiger partial charge in [0.1, 0.15) is 11.3 Å². The Morgan fingerprint density at radius 1 is 1.26 bits per heavy atom. The Bertz CT molecular complexity index is 976. The van der Waals surface area contributed by atoms with Gasteiger partial charge in [-0.05, 0) is 68.0 Å². The van der Waals surface area contributed by atoms with Crippen LogP contribution in [0.2, 0.25) is 0 Å². The number of carboxylic acid groups (broad SMARTS) is 1. The van der Waals surface area contributed by atoms with Gasteiger partial charge in [-0.25, -0.2) is 9.59 Å². The van der Waals surface area contributed by atoms with Crippen molar-refractivity contribution in [2.75, 3.05) is 13.1 Å². The standard InChI is InChI=1S/C19H21IN2O5/c1-19(2,3)27-18(26)21-7-6-12(10-21)22-14-5-4-11(20)8-13(14)16(23)9-15(22)17(24)25/h4-5,8-9,12H,6-7,10H2,1-3H3,(H,24,25). The number of fused-ring (bicyclic) bond motifs is 1. The maximum Gasteiger partial charge on any atom is 0.410 e. The minimum absolute atomic E-state index is 0.0650. The van der Waals surface area contributed by atoms with Crippen molar-refractivity contribution < 1.29 is 19.4 Å². The van der Waals surface area contributed by atoms with Crippen LogP contribution in [-0.2, 0) is 4.74 Å². The lowest BCUT2D eigenvalue weighted by atomic mass is 10.1. The molecule has 0 spiro atoms. The highest BCUT2D eigenvalue weighted by molar-refractivity contribution is 14.1. The average Bonchev–Trinajstić information content (AvgIpc) is 3.03. The first kappa shape index (κ1) is 19.7. The van der Waals surface area contributed by atoms with E-state index in [9.17, 15) is 19.5 Å². The third kappa shape index (κ3) is 4.10. The number of nitrogens with zero attached hydrogens (tertiary/aromatic N) is 2. The summed E-state index contributed by atoms with van der Waals surface area (Å²) in [5, 5.41) is 10.1. The Kier molecular flexibility index (Phi) is 5.20. The highest BCUT2D eigenvalue weighted by atomic mass is 127. The van der Waals surface area contributed by atoms with Gasteiger partial charge < -0.3 is 19.3 Å². The third-order valence-corrected chi connectivity index (χ3v) is 5.08. The van der Waals surface area contributed by atoms with Gasteiger partial charge in [-0.15, -0.1) is 0 Å². The van der Waals surface area contributed by atoms with Gasteiger partial charge in [0.25, 0.3) is 0 Å². The van der Waals surface area contributed by atoms with Gasteiger partial charge in [-0.1, -0.05) is 0 Å². The van der Waals surface area contributed by atoms with Crippen molar-refractivity contribution in [1.29, 1.82) is 0 Å². The summed E-state index contributed by atoms with van der Waals surface area (Å²) < 4.78 is 7.98. The van der Waals surface area contributed by atoms with E-state index in [0.29, 0.717) is 30.4 Å². The van der Waals surface area contributed by atoms with Crippen LogP contribution < -0.4 is 5.43 Å². The van der Waals surface area contributed by atoms with Crippen LogP contribution in [0.25, 0.3) is 10.9 Å². The highest BCUT2D eigenvalue weighted by Gasteiger charge is 2.32. The second-order valence-electron chi connectivity index (χ2n) is 7.60. The van der Waals surface area contributed by atoms with E-state index in [4.69, 9.17) is 4.74 Å². The molecule has 0 bridgehead atoms. The zero-order chi connectivity index (χ0) is 19.9. The molecular formula is C19H21IN2O5. The zero-order valence-electron chi connectivity index (χ0n) is 15.4. The smallest absolute Gasteiger partial charge is 0.410 e. The van der Waals surface area contributed by atoms with E-state index in [1.165, 1.54) is 0 Å². The van der Waals surface area contributed by atoms with E-state index in [1.807, 2.05) is 6.07 Å². The van der Waals surface area contributed by atoms with Gasteiger partial charge in [-0.2, -0.15) is 0 Å². The number of hydrogen-bond acceptors (Lipinski definition) is 4. The topological polar surface area (TPSA) is 88.8 Å². The first-order valence-electron chi connectivity index (χ1n) is 8.63. The van der Waals surface area contributed by atoms with Crippen LogP contribution in [0.3, 0.4) is 0 Å².